The van der Waals surface area contributed by atoms with Crippen LogP contribution in [0.25, 0.3) is 0 Å². The van der Waals surface area contributed by atoms with Crippen LogP contribution in [0.4, 0.5) is 11.6 Å². The molecule has 6 nitrogen and oxygen atoms in total. The zero-order valence-corrected chi connectivity index (χ0v) is 16.0. The molecule has 4 rings (SSSR count). The van der Waals surface area contributed by atoms with E-state index in [9.17, 15) is 0 Å². The topological polar surface area (TPSA) is 58.9 Å². The van der Waals surface area contributed by atoms with Crippen LogP contribution in [0.3, 0.4) is 0 Å². The van der Waals surface area contributed by atoms with Crippen LogP contribution in [0.5, 0.6) is 0 Å². The summed E-state index contributed by atoms with van der Waals surface area (Å²) in [7, 11) is 2.06. The maximum absolute atomic E-state index is 4.51. The molecule has 0 unspecified atom stereocenters. The number of imidazole rings is 1. The van der Waals surface area contributed by atoms with E-state index in [0.29, 0.717) is 5.92 Å². The molecule has 1 N–H and O–H groups in total. The first-order valence-electron chi connectivity index (χ1n) is 9.51. The summed E-state index contributed by atoms with van der Waals surface area (Å²) in [5, 5.41) is 3.33. The van der Waals surface area contributed by atoms with Gasteiger partial charge in [-0.2, -0.15) is 0 Å². The molecule has 0 radical (unpaired) electrons. The van der Waals surface area contributed by atoms with Gasteiger partial charge in [-0.1, -0.05) is 6.07 Å². The molecule has 1 fully saturated rings. The van der Waals surface area contributed by atoms with Gasteiger partial charge in [-0.3, -0.25) is 4.90 Å². The maximum Gasteiger partial charge on any atom is 0.131 e. The molecule has 0 spiro atoms. The van der Waals surface area contributed by atoms with Gasteiger partial charge in [0.15, 0.2) is 0 Å². The highest BCUT2D eigenvalue weighted by molar-refractivity contribution is 5.52. The Morgan fingerprint density at radius 1 is 1.22 bits per heavy atom. The number of pyridine rings is 2. The van der Waals surface area contributed by atoms with Crippen LogP contribution in [0, 0.1) is 6.92 Å². The average Bonchev–Trinajstić information content (AvgIpc) is 3.07. The Morgan fingerprint density at radius 2 is 2.15 bits per heavy atom. The number of piperidine rings is 1. The van der Waals surface area contributed by atoms with E-state index in [1.54, 1.807) is 0 Å². The van der Waals surface area contributed by atoms with Gasteiger partial charge in [0.2, 0.25) is 0 Å². The van der Waals surface area contributed by atoms with Crippen LogP contribution in [-0.2, 0) is 13.6 Å². The average molecular weight is 362 g/mol. The van der Waals surface area contributed by atoms with Gasteiger partial charge in [0.1, 0.15) is 11.6 Å². The third-order valence-electron chi connectivity index (χ3n) is 5.21. The van der Waals surface area contributed by atoms with Crippen molar-refractivity contribution in [1.82, 2.24) is 24.4 Å². The van der Waals surface area contributed by atoms with Gasteiger partial charge >= 0.3 is 0 Å². The second kappa shape index (κ2) is 7.88. The predicted octanol–water partition coefficient (Wildman–Crippen LogP) is 3.64. The van der Waals surface area contributed by atoms with Crippen molar-refractivity contribution in [1.29, 1.82) is 0 Å². The summed E-state index contributed by atoms with van der Waals surface area (Å²) < 4.78 is 2.10. The molecule has 1 aliphatic rings. The van der Waals surface area contributed by atoms with Gasteiger partial charge in [0.25, 0.3) is 0 Å². The smallest absolute Gasteiger partial charge is 0.131 e. The molecular formula is C21H26N6. The van der Waals surface area contributed by atoms with Crippen molar-refractivity contribution in [3.63, 3.8) is 0 Å². The highest BCUT2D eigenvalue weighted by Gasteiger charge is 2.22. The molecule has 0 amide bonds. The number of rotatable bonds is 5. The van der Waals surface area contributed by atoms with Gasteiger partial charge in [0.05, 0.1) is 12.0 Å². The minimum Gasteiger partial charge on any atom is -0.337 e. The summed E-state index contributed by atoms with van der Waals surface area (Å²) in [4.78, 5) is 15.7. The lowest BCUT2D eigenvalue weighted by atomic mass is 9.91. The summed E-state index contributed by atoms with van der Waals surface area (Å²) in [6, 6.07) is 10.3. The van der Waals surface area contributed by atoms with Crippen molar-refractivity contribution >= 4 is 11.6 Å². The third-order valence-corrected chi connectivity index (χ3v) is 5.21. The molecule has 27 heavy (non-hydrogen) atoms. The van der Waals surface area contributed by atoms with Crippen molar-refractivity contribution in [2.24, 2.45) is 7.05 Å². The molecule has 1 aliphatic heterocycles. The Bertz CT molecular complexity index is 903. The van der Waals surface area contributed by atoms with Crippen LogP contribution in [-0.4, -0.2) is 37.5 Å². The van der Waals surface area contributed by atoms with E-state index < -0.39 is 0 Å². The molecule has 4 heterocycles. The number of hydrogen-bond donors (Lipinski definition) is 1. The Balaban J connectivity index is 1.45. The molecule has 3 aromatic rings. The van der Waals surface area contributed by atoms with Gasteiger partial charge < -0.3 is 9.88 Å². The normalized spacial score (nSPS) is 17.8. The molecular weight excluding hydrogens is 336 g/mol. The first kappa shape index (κ1) is 17.7. The summed E-state index contributed by atoms with van der Waals surface area (Å²) in [6.45, 7) is 5.16. The number of likely N-dealkylation sites (tertiary alicyclic amines) is 1. The molecule has 1 atom stereocenters. The fourth-order valence-corrected chi connectivity index (χ4v) is 3.75. The Morgan fingerprint density at radius 3 is 2.96 bits per heavy atom. The monoisotopic (exact) mass is 362 g/mol. The maximum atomic E-state index is 4.51. The number of nitrogens with one attached hydrogen (secondary N) is 1. The van der Waals surface area contributed by atoms with Crippen molar-refractivity contribution in [3.05, 3.63) is 66.0 Å². The lowest BCUT2D eigenvalue weighted by Crippen LogP contribution is -2.34. The number of nitrogens with zero attached hydrogens (tertiary/aromatic N) is 5. The standard InChI is InChI=1S/C21H26N6/c1-16-5-3-7-20(24-16)25-21-11-17(8-9-23-21)18-6-4-10-27(13-18)14-19-12-22-15-26(19)2/h3,5,7-9,11-12,15,18H,4,6,10,13-14H2,1-2H3,(H,23,24,25)/t18-/m0/s1. The summed E-state index contributed by atoms with van der Waals surface area (Å²) in [5.74, 6) is 2.22. The summed E-state index contributed by atoms with van der Waals surface area (Å²) in [5.41, 5.74) is 3.60. The zero-order chi connectivity index (χ0) is 18.6. The van der Waals surface area contributed by atoms with Gasteiger partial charge in [-0.05, 0) is 62.1 Å². The van der Waals surface area contributed by atoms with Gasteiger partial charge in [0, 0.05) is 38.2 Å². The van der Waals surface area contributed by atoms with E-state index in [1.165, 1.54) is 24.1 Å². The number of aryl methyl sites for hydroxylation is 2. The van der Waals surface area contributed by atoms with Crippen LogP contribution < -0.4 is 5.32 Å². The molecule has 0 aromatic carbocycles. The van der Waals surface area contributed by atoms with Crippen LogP contribution in [0.2, 0.25) is 0 Å². The van der Waals surface area contributed by atoms with E-state index in [4.69, 9.17) is 0 Å². The molecule has 6 heteroatoms. The van der Waals surface area contributed by atoms with Crippen molar-refractivity contribution < 1.29 is 0 Å². The minimum atomic E-state index is 0.529. The van der Waals surface area contributed by atoms with E-state index in [2.05, 4.69) is 48.9 Å². The molecule has 3 aromatic heterocycles. The molecule has 0 aliphatic carbocycles. The fraction of sp³-hybridized carbons (Fsp3) is 0.381. The quantitative estimate of drug-likeness (QED) is 0.751. The third kappa shape index (κ3) is 4.34. The largest absolute Gasteiger partial charge is 0.337 e. The molecule has 0 saturated carbocycles. The van der Waals surface area contributed by atoms with Crippen LogP contribution in [0.1, 0.15) is 35.7 Å². The van der Waals surface area contributed by atoms with Crippen molar-refractivity contribution in [3.8, 4) is 0 Å². The van der Waals surface area contributed by atoms with Crippen molar-refractivity contribution in [2.75, 3.05) is 18.4 Å². The Kier molecular flexibility index (Phi) is 5.16. The van der Waals surface area contributed by atoms with Gasteiger partial charge in [-0.25, -0.2) is 15.0 Å². The number of hydrogen-bond acceptors (Lipinski definition) is 5. The van der Waals surface area contributed by atoms with Crippen LogP contribution in [0.15, 0.2) is 49.1 Å². The minimum absolute atomic E-state index is 0.529. The first-order valence-corrected chi connectivity index (χ1v) is 9.51. The van der Waals surface area contributed by atoms with E-state index in [0.717, 1.165) is 37.0 Å². The summed E-state index contributed by atoms with van der Waals surface area (Å²) >= 11 is 0. The number of aromatic nitrogens is 4. The van der Waals surface area contributed by atoms with E-state index in [-0.39, 0.29) is 0 Å². The highest BCUT2D eigenvalue weighted by atomic mass is 15.2. The predicted molar refractivity (Wildman–Crippen MR) is 107 cm³/mol. The SMILES string of the molecule is Cc1cccc(Nc2cc([C@H]3CCCN(Cc4cncn4C)C3)ccn2)n1. The number of anilines is 2. The molecule has 140 valence electrons. The van der Waals surface area contributed by atoms with E-state index >= 15 is 0 Å². The van der Waals surface area contributed by atoms with Gasteiger partial charge in [-0.15, -0.1) is 0 Å². The van der Waals surface area contributed by atoms with E-state index in [1.807, 2.05) is 43.8 Å². The van der Waals surface area contributed by atoms with Crippen molar-refractivity contribution in [2.45, 2.75) is 32.2 Å². The Hall–Kier alpha value is -2.73. The van der Waals surface area contributed by atoms with Crippen LogP contribution >= 0.6 is 0 Å². The lowest BCUT2D eigenvalue weighted by molar-refractivity contribution is 0.196. The zero-order valence-electron chi connectivity index (χ0n) is 16.0. The first-order chi connectivity index (χ1) is 13.2. The second-order valence-electron chi connectivity index (χ2n) is 7.33. The fourth-order valence-electron chi connectivity index (χ4n) is 3.75. The molecule has 1 saturated heterocycles. The molecule has 0 bridgehead atoms. The lowest BCUT2D eigenvalue weighted by Gasteiger charge is -2.33. The summed E-state index contributed by atoms with van der Waals surface area (Å²) in [6.07, 6.45) is 8.17. The Labute approximate surface area is 160 Å². The second-order valence-corrected chi connectivity index (χ2v) is 7.33. The highest BCUT2D eigenvalue weighted by Crippen LogP contribution is 2.29.